The van der Waals surface area contributed by atoms with Crippen molar-refractivity contribution in [3.05, 3.63) is 21.0 Å². The van der Waals surface area contributed by atoms with Crippen LogP contribution in [0, 0.1) is 5.92 Å². The summed E-state index contributed by atoms with van der Waals surface area (Å²) in [6.07, 6.45) is 3.98. The SMILES string of the molecule is CCC(CC)C(C)Nc1cnn(CCN(C)C)c(=O)c1Br. The Balaban J connectivity index is 2.86. The third kappa shape index (κ3) is 5.11. The van der Waals surface area contributed by atoms with Crippen LogP contribution in [0.4, 0.5) is 5.69 Å². The van der Waals surface area contributed by atoms with Crippen molar-refractivity contribution in [3.63, 3.8) is 0 Å². The lowest BCUT2D eigenvalue weighted by atomic mass is 9.95. The van der Waals surface area contributed by atoms with Crippen molar-refractivity contribution in [3.8, 4) is 0 Å². The highest BCUT2D eigenvalue weighted by Crippen LogP contribution is 2.21. The highest BCUT2D eigenvalue weighted by Gasteiger charge is 2.16. The van der Waals surface area contributed by atoms with Crippen LogP contribution in [0.3, 0.4) is 0 Å². The van der Waals surface area contributed by atoms with Gasteiger partial charge in [-0.15, -0.1) is 0 Å². The Morgan fingerprint density at radius 1 is 1.38 bits per heavy atom. The van der Waals surface area contributed by atoms with E-state index in [1.165, 1.54) is 4.68 Å². The van der Waals surface area contributed by atoms with Crippen molar-refractivity contribution >= 4 is 21.6 Å². The van der Waals surface area contributed by atoms with Gasteiger partial charge in [-0.05, 0) is 42.9 Å². The molecule has 0 fully saturated rings. The van der Waals surface area contributed by atoms with Crippen LogP contribution >= 0.6 is 15.9 Å². The van der Waals surface area contributed by atoms with Gasteiger partial charge in [0.25, 0.3) is 5.56 Å². The normalized spacial score (nSPS) is 13.0. The maximum absolute atomic E-state index is 12.3. The van der Waals surface area contributed by atoms with Gasteiger partial charge in [0.2, 0.25) is 0 Å². The molecule has 1 heterocycles. The van der Waals surface area contributed by atoms with Crippen LogP contribution in [0.1, 0.15) is 33.6 Å². The summed E-state index contributed by atoms with van der Waals surface area (Å²) in [5.41, 5.74) is 0.694. The standard InChI is InChI=1S/C15H27BrN4O/c1-6-12(7-2)11(3)18-13-10-17-20(9-8-19(4)5)15(21)14(13)16/h10-12,18H,6-9H2,1-5H3. The van der Waals surface area contributed by atoms with Gasteiger partial charge < -0.3 is 10.2 Å². The zero-order valence-corrected chi connectivity index (χ0v) is 15.3. The number of anilines is 1. The fraction of sp³-hybridized carbons (Fsp3) is 0.733. The number of nitrogens with zero attached hydrogens (tertiary/aromatic N) is 3. The molecule has 1 N–H and O–H groups in total. The molecule has 1 unspecified atom stereocenters. The van der Waals surface area contributed by atoms with E-state index in [0.29, 0.717) is 23.0 Å². The molecule has 0 amide bonds. The fourth-order valence-electron chi connectivity index (χ4n) is 2.38. The number of hydrogen-bond acceptors (Lipinski definition) is 4. The molecule has 120 valence electrons. The molecule has 0 spiro atoms. The minimum absolute atomic E-state index is 0.0846. The summed E-state index contributed by atoms with van der Waals surface area (Å²) in [7, 11) is 3.96. The van der Waals surface area contributed by atoms with Crippen LogP contribution in [-0.4, -0.2) is 41.4 Å². The van der Waals surface area contributed by atoms with Crippen molar-refractivity contribution < 1.29 is 0 Å². The Kier molecular flexibility index (Phi) is 7.39. The van der Waals surface area contributed by atoms with E-state index >= 15 is 0 Å². The summed E-state index contributed by atoms with van der Waals surface area (Å²) in [5, 5.41) is 7.67. The zero-order chi connectivity index (χ0) is 16.0. The van der Waals surface area contributed by atoms with E-state index < -0.39 is 0 Å². The Bertz CT molecular complexity index is 497. The van der Waals surface area contributed by atoms with Gasteiger partial charge in [-0.1, -0.05) is 26.7 Å². The highest BCUT2D eigenvalue weighted by molar-refractivity contribution is 9.10. The van der Waals surface area contributed by atoms with E-state index in [1.807, 2.05) is 19.0 Å². The summed E-state index contributed by atoms with van der Waals surface area (Å²) in [5.74, 6) is 0.591. The minimum atomic E-state index is -0.0846. The molecule has 1 aromatic rings. The topological polar surface area (TPSA) is 50.2 Å². The van der Waals surface area contributed by atoms with E-state index in [4.69, 9.17) is 0 Å². The highest BCUT2D eigenvalue weighted by atomic mass is 79.9. The quantitative estimate of drug-likeness (QED) is 0.776. The van der Waals surface area contributed by atoms with Crippen LogP contribution in [-0.2, 0) is 6.54 Å². The molecule has 1 rings (SSSR count). The molecular weight excluding hydrogens is 332 g/mol. The number of aromatic nitrogens is 2. The lowest BCUT2D eigenvalue weighted by Gasteiger charge is -2.24. The van der Waals surface area contributed by atoms with Crippen LogP contribution in [0.15, 0.2) is 15.5 Å². The first-order valence-electron chi connectivity index (χ1n) is 7.57. The molecule has 0 saturated heterocycles. The van der Waals surface area contributed by atoms with Crippen LogP contribution < -0.4 is 10.9 Å². The first-order valence-corrected chi connectivity index (χ1v) is 8.36. The summed E-state index contributed by atoms with van der Waals surface area (Å²) < 4.78 is 2.06. The summed E-state index contributed by atoms with van der Waals surface area (Å²) in [6.45, 7) is 7.92. The van der Waals surface area contributed by atoms with Crippen molar-refractivity contribution in [2.45, 2.75) is 46.2 Å². The second-order valence-electron chi connectivity index (χ2n) is 5.71. The maximum Gasteiger partial charge on any atom is 0.283 e. The fourth-order valence-corrected chi connectivity index (χ4v) is 2.80. The van der Waals surface area contributed by atoms with Gasteiger partial charge >= 0.3 is 0 Å². The summed E-state index contributed by atoms with van der Waals surface area (Å²) >= 11 is 3.41. The third-order valence-corrected chi connectivity index (χ3v) is 4.65. The Labute approximate surface area is 135 Å². The number of halogens is 1. The average Bonchev–Trinajstić information content (AvgIpc) is 2.44. The molecule has 0 aromatic carbocycles. The monoisotopic (exact) mass is 358 g/mol. The van der Waals surface area contributed by atoms with Gasteiger partial charge in [0.15, 0.2) is 0 Å². The predicted octanol–water partition coefficient (Wildman–Crippen LogP) is 2.80. The van der Waals surface area contributed by atoms with Crippen LogP contribution in [0.2, 0.25) is 0 Å². The molecule has 0 aliphatic carbocycles. The van der Waals surface area contributed by atoms with E-state index in [2.05, 4.69) is 47.1 Å². The van der Waals surface area contributed by atoms with Crippen molar-refractivity contribution in [2.75, 3.05) is 26.0 Å². The van der Waals surface area contributed by atoms with Gasteiger partial charge in [-0.2, -0.15) is 5.10 Å². The first kappa shape index (κ1) is 18.2. The zero-order valence-electron chi connectivity index (χ0n) is 13.7. The molecule has 0 aliphatic rings. The average molecular weight is 359 g/mol. The van der Waals surface area contributed by atoms with Crippen molar-refractivity contribution in [1.29, 1.82) is 0 Å². The van der Waals surface area contributed by atoms with Gasteiger partial charge in [0.1, 0.15) is 4.47 Å². The molecule has 6 heteroatoms. The molecule has 1 aromatic heterocycles. The first-order chi connectivity index (χ1) is 9.90. The van der Waals surface area contributed by atoms with Crippen LogP contribution in [0.25, 0.3) is 0 Å². The number of likely N-dealkylation sites (N-methyl/N-ethyl adjacent to an activating group) is 1. The molecule has 0 radical (unpaired) electrons. The van der Waals surface area contributed by atoms with E-state index in [9.17, 15) is 4.79 Å². The summed E-state index contributed by atoms with van der Waals surface area (Å²) in [6, 6.07) is 0.315. The molecule has 21 heavy (non-hydrogen) atoms. The van der Waals surface area contributed by atoms with Crippen molar-refractivity contribution in [1.82, 2.24) is 14.7 Å². The number of hydrogen-bond donors (Lipinski definition) is 1. The van der Waals surface area contributed by atoms with Gasteiger partial charge in [-0.25, -0.2) is 4.68 Å². The van der Waals surface area contributed by atoms with E-state index in [1.54, 1.807) is 6.20 Å². The molecule has 0 aliphatic heterocycles. The van der Waals surface area contributed by atoms with Gasteiger partial charge in [0.05, 0.1) is 18.4 Å². The molecule has 1 atom stereocenters. The smallest absolute Gasteiger partial charge is 0.283 e. The second kappa shape index (κ2) is 8.54. The van der Waals surface area contributed by atoms with E-state index in [-0.39, 0.29) is 5.56 Å². The molecule has 5 nitrogen and oxygen atoms in total. The summed E-state index contributed by atoms with van der Waals surface area (Å²) in [4.78, 5) is 14.3. The lowest BCUT2D eigenvalue weighted by molar-refractivity contribution is 0.367. The largest absolute Gasteiger partial charge is 0.380 e. The molecular formula is C15H27BrN4O. The van der Waals surface area contributed by atoms with Crippen LogP contribution in [0.5, 0.6) is 0 Å². The molecule has 0 saturated carbocycles. The maximum atomic E-state index is 12.3. The minimum Gasteiger partial charge on any atom is -0.380 e. The Morgan fingerprint density at radius 2 is 2.00 bits per heavy atom. The molecule has 0 bridgehead atoms. The third-order valence-electron chi connectivity index (χ3n) is 3.88. The Morgan fingerprint density at radius 3 is 2.52 bits per heavy atom. The predicted molar refractivity (Wildman–Crippen MR) is 91.9 cm³/mol. The van der Waals surface area contributed by atoms with Gasteiger partial charge in [-0.3, -0.25) is 4.79 Å². The van der Waals surface area contributed by atoms with E-state index in [0.717, 1.165) is 25.1 Å². The van der Waals surface area contributed by atoms with Gasteiger partial charge in [0, 0.05) is 12.6 Å². The van der Waals surface area contributed by atoms with Crippen molar-refractivity contribution in [2.24, 2.45) is 5.92 Å². The number of rotatable bonds is 8. The number of nitrogens with one attached hydrogen (secondary N) is 1. The second-order valence-corrected chi connectivity index (χ2v) is 6.51. The Hall–Kier alpha value is -0.880. The lowest BCUT2D eigenvalue weighted by Crippen LogP contribution is -2.31.